The van der Waals surface area contributed by atoms with E-state index in [1.807, 2.05) is 32.9 Å². The first kappa shape index (κ1) is 29.8. The number of benzene rings is 1. The predicted octanol–water partition coefficient (Wildman–Crippen LogP) is 2.60. The first-order chi connectivity index (χ1) is 19.7. The minimum absolute atomic E-state index is 0.183. The number of fused-ring (bicyclic) bond motifs is 1. The summed E-state index contributed by atoms with van der Waals surface area (Å²) in [6, 6.07) is 8.25. The molecule has 1 amide bonds. The fraction of sp³-hybridized carbons (Fsp3) is 0.448. The molecule has 0 atom stereocenters. The standard InChI is InChI=1S/C29H41N9O3/c1-7-9-25(33-37(21-39)29(3,4)20-41-6)38-26-24(27(40)36(38)14-8-2)19-30-28(32-26)31-22-10-12-23(13-11-22)35-17-15-34(5)16-18-35/h7-13,21H,2,14-20H2,1,3-6H3,(H2,30,31,32)/b9-7-,33-25+. The van der Waals surface area contributed by atoms with Gasteiger partial charge in [-0.15, -0.1) is 11.7 Å². The molecule has 0 aliphatic carbocycles. The number of piperazine rings is 1. The minimum atomic E-state index is -0.724. The van der Waals surface area contributed by atoms with Crippen LogP contribution in [0.1, 0.15) is 26.3 Å². The Kier molecular flexibility index (Phi) is 9.46. The summed E-state index contributed by atoms with van der Waals surface area (Å²) < 4.78 is 8.51. The monoisotopic (exact) mass is 563 g/mol. The van der Waals surface area contributed by atoms with Gasteiger partial charge in [-0.3, -0.25) is 9.59 Å². The van der Waals surface area contributed by atoms with Crippen molar-refractivity contribution in [1.29, 1.82) is 0 Å². The highest BCUT2D eigenvalue weighted by molar-refractivity contribution is 6.06. The van der Waals surface area contributed by atoms with Gasteiger partial charge in [0.25, 0.3) is 5.56 Å². The molecule has 0 spiro atoms. The van der Waals surface area contributed by atoms with Crippen molar-refractivity contribution in [2.75, 3.05) is 62.5 Å². The number of anilines is 3. The molecule has 2 aliphatic rings. The lowest BCUT2D eigenvalue weighted by atomic mass is 10.1. The third kappa shape index (κ3) is 6.60. The molecule has 1 aromatic heterocycles. The van der Waals surface area contributed by atoms with E-state index in [1.165, 1.54) is 15.4 Å². The van der Waals surface area contributed by atoms with Crippen LogP contribution in [0.15, 0.2) is 64.0 Å². The van der Waals surface area contributed by atoms with Gasteiger partial charge in [-0.1, -0.05) is 12.2 Å². The van der Waals surface area contributed by atoms with E-state index in [2.05, 4.69) is 56.3 Å². The molecule has 12 nitrogen and oxygen atoms in total. The van der Waals surface area contributed by atoms with Gasteiger partial charge in [-0.05, 0) is 58.2 Å². The van der Waals surface area contributed by atoms with Crippen LogP contribution in [0.25, 0.3) is 0 Å². The van der Waals surface area contributed by atoms with Crippen molar-refractivity contribution in [3.05, 3.63) is 65.0 Å². The van der Waals surface area contributed by atoms with Crippen LogP contribution >= 0.6 is 0 Å². The van der Waals surface area contributed by atoms with Gasteiger partial charge in [-0.2, -0.15) is 0 Å². The Morgan fingerprint density at radius 2 is 1.95 bits per heavy atom. The maximum Gasteiger partial charge on any atom is 0.274 e. The fourth-order valence-electron chi connectivity index (χ4n) is 4.86. The van der Waals surface area contributed by atoms with Crippen molar-refractivity contribution in [2.24, 2.45) is 10.1 Å². The van der Waals surface area contributed by atoms with E-state index >= 15 is 0 Å². The average Bonchev–Trinajstić information content (AvgIpc) is 3.22. The van der Waals surface area contributed by atoms with Gasteiger partial charge in [0.1, 0.15) is 5.82 Å². The van der Waals surface area contributed by atoms with E-state index in [0.717, 1.165) is 31.9 Å². The van der Waals surface area contributed by atoms with Gasteiger partial charge in [0, 0.05) is 44.7 Å². The maximum atomic E-state index is 13.4. The number of hydrogen-bond acceptors (Lipinski definition) is 9. The number of hydrazone groups is 1. The van der Waals surface area contributed by atoms with Crippen molar-refractivity contribution >= 4 is 35.4 Å². The Labute approximate surface area is 241 Å². The van der Waals surface area contributed by atoms with Crippen LogP contribution in [0.3, 0.4) is 0 Å². The second-order valence-electron chi connectivity index (χ2n) is 10.7. The summed E-state index contributed by atoms with van der Waals surface area (Å²) in [6.45, 7) is 14.2. The molecule has 12 heteroatoms. The lowest BCUT2D eigenvalue weighted by Gasteiger charge is -2.34. The number of rotatable bonds is 10. The number of guanidine groups is 1. The van der Waals surface area contributed by atoms with Crippen molar-refractivity contribution in [1.82, 2.24) is 19.3 Å². The number of carbonyl (C=O) groups is 1. The fourth-order valence-corrected chi connectivity index (χ4v) is 4.86. The van der Waals surface area contributed by atoms with Crippen LogP contribution in [-0.2, 0) is 22.6 Å². The molecule has 2 aliphatic heterocycles. The quantitative estimate of drug-likeness (QED) is 0.150. The van der Waals surface area contributed by atoms with Crippen molar-refractivity contribution < 1.29 is 9.53 Å². The molecule has 220 valence electrons. The van der Waals surface area contributed by atoms with Crippen molar-refractivity contribution in [2.45, 2.75) is 39.4 Å². The number of carbonyl (C=O) groups excluding carboxylic acids is 1. The molecule has 1 fully saturated rings. The third-order valence-electron chi connectivity index (χ3n) is 7.12. The largest absolute Gasteiger partial charge is 0.382 e. The van der Waals surface area contributed by atoms with E-state index in [1.54, 1.807) is 30.0 Å². The minimum Gasteiger partial charge on any atom is -0.382 e. The second kappa shape index (κ2) is 13.0. The van der Waals surface area contributed by atoms with Crippen LogP contribution < -0.4 is 21.1 Å². The summed E-state index contributed by atoms with van der Waals surface area (Å²) in [5, 5.41) is 12.6. The summed E-state index contributed by atoms with van der Waals surface area (Å²) in [6.07, 6.45) is 5.85. The Bertz CT molecular complexity index is 1380. The van der Waals surface area contributed by atoms with E-state index < -0.39 is 5.54 Å². The van der Waals surface area contributed by atoms with Crippen LogP contribution in [0.2, 0.25) is 0 Å². The van der Waals surface area contributed by atoms with E-state index in [4.69, 9.17) is 4.74 Å². The topological polar surface area (TPSA) is 112 Å². The first-order valence-electron chi connectivity index (χ1n) is 13.7. The van der Waals surface area contributed by atoms with Crippen molar-refractivity contribution in [3.8, 4) is 0 Å². The summed E-state index contributed by atoms with van der Waals surface area (Å²) in [5.74, 6) is 1.39. The highest BCUT2D eigenvalue weighted by Crippen LogP contribution is 2.23. The smallest absolute Gasteiger partial charge is 0.274 e. The Hall–Kier alpha value is -4.16. The molecule has 3 heterocycles. The van der Waals surface area contributed by atoms with E-state index in [0.29, 0.717) is 29.6 Å². The molecule has 1 saturated heterocycles. The molecular weight excluding hydrogens is 522 g/mol. The third-order valence-corrected chi connectivity index (χ3v) is 7.12. The number of aromatic nitrogens is 2. The summed E-state index contributed by atoms with van der Waals surface area (Å²) in [7, 11) is 3.72. The van der Waals surface area contributed by atoms with Gasteiger partial charge in [0.15, 0.2) is 5.84 Å². The van der Waals surface area contributed by atoms with Crippen molar-refractivity contribution in [3.63, 3.8) is 0 Å². The number of amides is 1. The second-order valence-corrected chi connectivity index (χ2v) is 10.7. The van der Waals surface area contributed by atoms with Gasteiger partial charge in [-0.25, -0.2) is 19.4 Å². The molecule has 0 unspecified atom stereocenters. The molecule has 41 heavy (non-hydrogen) atoms. The number of likely N-dealkylation sites (N-methyl/N-ethyl adjacent to an activating group) is 1. The van der Waals surface area contributed by atoms with Crippen LogP contribution in [-0.4, -0.2) is 90.0 Å². The number of ether oxygens (including phenoxy) is 1. The summed E-state index contributed by atoms with van der Waals surface area (Å²) in [4.78, 5) is 34.8. The van der Waals surface area contributed by atoms with Gasteiger partial charge < -0.3 is 25.2 Å². The summed E-state index contributed by atoms with van der Waals surface area (Å²) >= 11 is 0. The van der Waals surface area contributed by atoms with Gasteiger partial charge >= 0.3 is 0 Å². The Balaban J connectivity index is 1.64. The maximum absolute atomic E-state index is 13.4. The Morgan fingerprint density at radius 3 is 2.56 bits per heavy atom. The SMILES string of the molecule is C=CCn1c(=O)c2c(n1C(/C=C\C)=N/N(C=O)C(C)(C)COC)NC(Nc1ccc(N3CCN(C)CC3)cc1)=NC2. The number of nitrogens with one attached hydrogen (secondary N) is 2. The molecule has 2 N–H and O–H groups in total. The Morgan fingerprint density at radius 1 is 1.24 bits per heavy atom. The summed E-state index contributed by atoms with van der Waals surface area (Å²) in [5.41, 5.74) is 1.61. The molecule has 0 saturated carbocycles. The van der Waals surface area contributed by atoms with Crippen LogP contribution in [0, 0.1) is 0 Å². The number of methoxy groups -OCH3 is 1. The zero-order chi connectivity index (χ0) is 29.6. The highest BCUT2D eigenvalue weighted by atomic mass is 16.5. The first-order valence-corrected chi connectivity index (χ1v) is 13.7. The van der Waals surface area contributed by atoms with Gasteiger partial charge in [0.2, 0.25) is 12.4 Å². The lowest BCUT2D eigenvalue weighted by Crippen LogP contribution is -2.44. The molecule has 0 radical (unpaired) electrons. The highest BCUT2D eigenvalue weighted by Gasteiger charge is 2.29. The average molecular weight is 564 g/mol. The molecular formula is C29H41N9O3. The van der Waals surface area contributed by atoms with E-state index in [-0.39, 0.29) is 25.3 Å². The molecule has 4 rings (SSSR count). The predicted molar refractivity (Wildman–Crippen MR) is 165 cm³/mol. The van der Waals surface area contributed by atoms with Gasteiger partial charge in [0.05, 0.1) is 30.8 Å². The number of aliphatic imine (C=N–C) groups is 1. The lowest BCUT2D eigenvalue weighted by molar-refractivity contribution is -0.124. The molecule has 2 aromatic rings. The molecule has 0 bridgehead atoms. The van der Waals surface area contributed by atoms with Crippen LogP contribution in [0.4, 0.5) is 17.2 Å². The zero-order valence-corrected chi connectivity index (χ0v) is 24.6. The number of hydrogen-bond donors (Lipinski definition) is 2. The normalized spacial score (nSPS) is 16.3. The zero-order valence-electron chi connectivity index (χ0n) is 24.6. The number of allylic oxidation sites excluding steroid dienone is 3. The number of nitrogens with zero attached hydrogens (tertiary/aromatic N) is 7. The molecule has 1 aromatic carbocycles. The van der Waals surface area contributed by atoms with E-state index in [9.17, 15) is 9.59 Å². The van der Waals surface area contributed by atoms with Crippen LogP contribution in [0.5, 0.6) is 0 Å².